The Labute approximate surface area is 155 Å². The Balaban J connectivity index is 0.00000192. The molecule has 2 aromatic rings. The van der Waals surface area contributed by atoms with Gasteiger partial charge in [0, 0.05) is 23.4 Å². The fraction of sp³-hybridized carbons (Fsp3) is 0.353. The van der Waals surface area contributed by atoms with E-state index >= 15 is 0 Å². The molecule has 3 rings (SSSR count). The smallest absolute Gasteiger partial charge is 0.446 e. The molecule has 0 unspecified atom stereocenters. The summed E-state index contributed by atoms with van der Waals surface area (Å²) in [5.74, 6) is 0. The number of fused-ring (bicyclic) bond motifs is 3. The molecule has 0 N–H and O–H groups in total. The van der Waals surface area contributed by atoms with E-state index in [1.165, 1.54) is 0 Å². The van der Waals surface area contributed by atoms with Gasteiger partial charge in [0.15, 0.2) is 5.71 Å². The first-order valence-corrected chi connectivity index (χ1v) is 7.84. The van der Waals surface area contributed by atoms with Gasteiger partial charge in [-0.15, -0.1) is 0 Å². The van der Waals surface area contributed by atoms with Crippen molar-refractivity contribution in [1.82, 2.24) is 0 Å². The van der Waals surface area contributed by atoms with E-state index in [1.807, 2.05) is 30.7 Å². The fourth-order valence-corrected chi connectivity index (χ4v) is 3.95. The minimum absolute atomic E-state index is 0. The molecule has 1 heterocycles. The molecule has 0 spiro atoms. The number of nitrogens with zero attached hydrogens (tertiary/aromatic N) is 1. The maximum absolute atomic E-state index is 12.9. The van der Waals surface area contributed by atoms with Gasteiger partial charge >= 0.3 is 5.51 Å². The van der Waals surface area contributed by atoms with E-state index in [2.05, 4.69) is 13.8 Å². The largest absolute Gasteiger partial charge is 1.00 e. The van der Waals surface area contributed by atoms with Crippen molar-refractivity contribution in [3.63, 3.8) is 0 Å². The average molecular weight is 451 g/mol. The van der Waals surface area contributed by atoms with Crippen molar-refractivity contribution in [3.8, 4) is 0 Å². The van der Waals surface area contributed by atoms with Crippen LogP contribution >= 0.6 is 11.8 Å². The van der Waals surface area contributed by atoms with Crippen LogP contribution in [-0.4, -0.2) is 22.8 Å². The highest BCUT2D eigenvalue weighted by molar-refractivity contribution is 8.00. The van der Waals surface area contributed by atoms with E-state index in [4.69, 9.17) is 0 Å². The second-order valence-corrected chi connectivity index (χ2v) is 7.24. The number of halogens is 4. The molecule has 0 atom stereocenters. The number of thioether (sulfide) groups is 1. The van der Waals surface area contributed by atoms with Gasteiger partial charge in [0.25, 0.3) is 0 Å². The summed E-state index contributed by atoms with van der Waals surface area (Å²) < 4.78 is 40.7. The summed E-state index contributed by atoms with van der Waals surface area (Å²) in [5, 5.41) is 1.57. The predicted molar refractivity (Wildman–Crippen MR) is 85.4 cm³/mol. The predicted octanol–water partition coefficient (Wildman–Crippen LogP) is 2.48. The Bertz CT molecular complexity index is 809. The normalized spacial score (nSPS) is 16.5. The summed E-state index contributed by atoms with van der Waals surface area (Å²) >= 11 is -0.0363. The molecule has 0 amide bonds. The van der Waals surface area contributed by atoms with Crippen molar-refractivity contribution >= 4 is 33.9 Å². The SMILES string of the molecule is CC1=[N+](C)c2cc(SC(F)(F)F)c3ccccc3c2C1(C)C.[I-]. The van der Waals surface area contributed by atoms with Crippen molar-refractivity contribution in [2.75, 3.05) is 7.05 Å². The first-order chi connectivity index (χ1) is 10.1. The maximum Gasteiger partial charge on any atom is 0.446 e. The molecular weight excluding hydrogens is 434 g/mol. The van der Waals surface area contributed by atoms with Crippen LogP contribution in [0, 0.1) is 0 Å². The Morgan fingerprint density at radius 2 is 1.65 bits per heavy atom. The van der Waals surface area contributed by atoms with Crippen LogP contribution in [0.25, 0.3) is 10.8 Å². The molecular formula is C17H17F3INS. The lowest BCUT2D eigenvalue weighted by Crippen LogP contribution is -3.00. The molecule has 0 saturated carbocycles. The molecule has 0 fully saturated rings. The summed E-state index contributed by atoms with van der Waals surface area (Å²) in [5.41, 5.74) is -1.36. The van der Waals surface area contributed by atoms with Gasteiger partial charge in [0.05, 0.1) is 5.41 Å². The molecule has 1 aliphatic rings. The van der Waals surface area contributed by atoms with Crippen molar-refractivity contribution in [3.05, 3.63) is 35.9 Å². The first kappa shape index (κ1) is 18.6. The molecule has 0 aromatic heterocycles. The highest BCUT2D eigenvalue weighted by atomic mass is 127. The van der Waals surface area contributed by atoms with Crippen molar-refractivity contribution in [2.45, 2.75) is 36.6 Å². The molecule has 1 aliphatic heterocycles. The van der Waals surface area contributed by atoms with Crippen molar-refractivity contribution < 1.29 is 41.7 Å². The monoisotopic (exact) mass is 451 g/mol. The van der Waals surface area contributed by atoms with Crippen LogP contribution in [0.2, 0.25) is 0 Å². The van der Waals surface area contributed by atoms with Crippen LogP contribution in [0.4, 0.5) is 18.9 Å². The Morgan fingerprint density at radius 3 is 2.22 bits per heavy atom. The van der Waals surface area contributed by atoms with Crippen LogP contribution in [0.15, 0.2) is 35.2 Å². The lowest BCUT2D eigenvalue weighted by atomic mass is 9.80. The summed E-state index contributed by atoms with van der Waals surface area (Å²) in [4.78, 5) is 0.263. The highest BCUT2D eigenvalue weighted by Gasteiger charge is 2.44. The molecule has 6 heteroatoms. The van der Waals surface area contributed by atoms with Gasteiger partial charge in [0.1, 0.15) is 7.05 Å². The van der Waals surface area contributed by atoms with Crippen LogP contribution in [0.5, 0.6) is 0 Å². The third-order valence-electron chi connectivity index (χ3n) is 4.61. The van der Waals surface area contributed by atoms with Gasteiger partial charge < -0.3 is 24.0 Å². The standard InChI is InChI=1S/C17H17F3NS.HI/c1-10-16(2,3)15-12-8-6-5-7-11(12)14(22-17(18,19)20)9-13(15)21(10)4;/h5-9H,1-4H3;1H/q+1;/p-1. The molecule has 0 radical (unpaired) electrons. The van der Waals surface area contributed by atoms with E-state index in [0.29, 0.717) is 5.39 Å². The Kier molecular flexibility index (Phi) is 4.81. The lowest BCUT2D eigenvalue weighted by molar-refractivity contribution is -0.403. The van der Waals surface area contributed by atoms with Gasteiger partial charge in [0.2, 0.25) is 5.69 Å². The zero-order chi connectivity index (χ0) is 16.3. The Morgan fingerprint density at radius 1 is 1.09 bits per heavy atom. The van der Waals surface area contributed by atoms with Gasteiger partial charge in [-0.25, -0.2) is 4.58 Å². The molecule has 23 heavy (non-hydrogen) atoms. The van der Waals surface area contributed by atoms with Crippen molar-refractivity contribution in [1.29, 1.82) is 0 Å². The maximum atomic E-state index is 12.9. The fourth-order valence-electron chi connectivity index (χ4n) is 3.24. The topological polar surface area (TPSA) is 3.01 Å². The molecule has 0 saturated heterocycles. The molecule has 0 bridgehead atoms. The van der Waals surface area contributed by atoms with E-state index in [0.717, 1.165) is 22.3 Å². The molecule has 1 nitrogen and oxygen atoms in total. The second kappa shape index (κ2) is 5.95. The van der Waals surface area contributed by atoms with Crippen LogP contribution in [-0.2, 0) is 5.41 Å². The van der Waals surface area contributed by atoms with Gasteiger partial charge in [-0.3, -0.25) is 0 Å². The van der Waals surface area contributed by atoms with Gasteiger partial charge in [-0.1, -0.05) is 24.3 Å². The van der Waals surface area contributed by atoms with Crippen LogP contribution in [0.1, 0.15) is 26.3 Å². The summed E-state index contributed by atoms with van der Waals surface area (Å²) in [6.45, 7) is 6.27. The second-order valence-electron chi connectivity index (χ2n) is 6.13. The minimum Gasteiger partial charge on any atom is -1.00 e. The molecule has 124 valence electrons. The zero-order valence-electron chi connectivity index (χ0n) is 13.3. The molecule has 2 aromatic carbocycles. The third-order valence-corrected chi connectivity index (χ3v) is 5.39. The van der Waals surface area contributed by atoms with E-state index < -0.39 is 5.51 Å². The number of benzene rings is 2. The van der Waals surface area contributed by atoms with Crippen LogP contribution < -0.4 is 24.0 Å². The first-order valence-electron chi connectivity index (χ1n) is 7.02. The zero-order valence-corrected chi connectivity index (χ0v) is 16.2. The number of hydrogen-bond acceptors (Lipinski definition) is 1. The third kappa shape index (κ3) is 2.99. The van der Waals surface area contributed by atoms with Gasteiger partial charge in [-0.05, 0) is 36.4 Å². The Hall–Kier alpha value is -0.760. The highest BCUT2D eigenvalue weighted by Crippen LogP contribution is 2.48. The number of hydrogen-bond donors (Lipinski definition) is 0. The number of alkyl halides is 3. The average Bonchev–Trinajstić information content (AvgIpc) is 2.59. The van der Waals surface area contributed by atoms with Crippen molar-refractivity contribution in [2.24, 2.45) is 0 Å². The van der Waals surface area contributed by atoms with Gasteiger partial charge in [-0.2, -0.15) is 13.2 Å². The summed E-state index contributed by atoms with van der Waals surface area (Å²) in [6, 6.07) is 9.04. The summed E-state index contributed by atoms with van der Waals surface area (Å²) in [6.07, 6.45) is 0. The van der Waals surface area contributed by atoms with E-state index in [9.17, 15) is 13.2 Å². The summed E-state index contributed by atoms with van der Waals surface area (Å²) in [7, 11) is 1.92. The number of rotatable bonds is 1. The minimum atomic E-state index is -4.29. The van der Waals surface area contributed by atoms with E-state index in [-0.39, 0.29) is 46.0 Å². The quantitative estimate of drug-likeness (QED) is 0.366. The lowest BCUT2D eigenvalue weighted by Gasteiger charge is -2.18. The van der Waals surface area contributed by atoms with E-state index in [1.54, 1.807) is 18.2 Å². The molecule has 0 aliphatic carbocycles. The van der Waals surface area contributed by atoms with Crippen LogP contribution in [0.3, 0.4) is 0 Å².